The summed E-state index contributed by atoms with van der Waals surface area (Å²) < 4.78 is 34.6. The van der Waals surface area contributed by atoms with Crippen LogP contribution in [0.1, 0.15) is 71.3 Å². The van der Waals surface area contributed by atoms with Crippen molar-refractivity contribution >= 4 is 0 Å². The molecule has 0 aromatic heterocycles. The minimum absolute atomic E-state index is 0.122. The molecule has 2 aliphatic rings. The zero-order valence-electron chi connectivity index (χ0n) is 25.0. The van der Waals surface area contributed by atoms with E-state index in [9.17, 15) is 0 Å². The number of aryl methyl sites for hydroxylation is 1. The van der Waals surface area contributed by atoms with Gasteiger partial charge >= 0.3 is 0 Å². The van der Waals surface area contributed by atoms with Crippen molar-refractivity contribution in [1.82, 2.24) is 0 Å². The molecule has 0 bridgehead atoms. The van der Waals surface area contributed by atoms with Gasteiger partial charge in [0.1, 0.15) is 5.76 Å². The van der Waals surface area contributed by atoms with E-state index in [0.29, 0.717) is 24.2 Å². The molecule has 0 amide bonds. The third kappa shape index (κ3) is 8.48. The fourth-order valence-corrected chi connectivity index (χ4v) is 5.00. The zero-order chi connectivity index (χ0) is 28.2. The van der Waals surface area contributed by atoms with Gasteiger partial charge in [-0.25, -0.2) is 0 Å². The van der Waals surface area contributed by atoms with Crippen LogP contribution in [0.4, 0.5) is 0 Å². The molecule has 2 aliphatic carbocycles. The van der Waals surface area contributed by atoms with Crippen LogP contribution in [-0.4, -0.2) is 41.2 Å². The van der Waals surface area contributed by atoms with E-state index in [1.165, 1.54) is 11.1 Å². The predicted molar refractivity (Wildman–Crippen MR) is 156 cm³/mol. The van der Waals surface area contributed by atoms with Gasteiger partial charge in [0.15, 0.2) is 23.0 Å². The summed E-state index contributed by atoms with van der Waals surface area (Å²) in [5, 5.41) is 0. The fraction of sp³-hybridized carbons (Fsp3) is 0.576. The summed E-state index contributed by atoms with van der Waals surface area (Å²) >= 11 is 0. The molecule has 6 heteroatoms. The molecule has 3 unspecified atom stereocenters. The third-order valence-corrected chi connectivity index (χ3v) is 7.52. The van der Waals surface area contributed by atoms with Gasteiger partial charge in [0, 0.05) is 6.42 Å². The maximum absolute atomic E-state index is 6.13. The van der Waals surface area contributed by atoms with Crippen LogP contribution in [0, 0.1) is 11.8 Å². The summed E-state index contributed by atoms with van der Waals surface area (Å²) in [6.07, 6.45) is 17.3. The van der Waals surface area contributed by atoms with Gasteiger partial charge in [-0.15, -0.1) is 0 Å². The summed E-state index contributed by atoms with van der Waals surface area (Å²) in [6.45, 7) is 6.91. The van der Waals surface area contributed by atoms with E-state index < -0.39 is 0 Å². The van der Waals surface area contributed by atoms with Gasteiger partial charge in [-0.3, -0.25) is 0 Å². The number of hydrogen-bond acceptors (Lipinski definition) is 6. The molecule has 6 nitrogen and oxygen atoms in total. The summed E-state index contributed by atoms with van der Waals surface area (Å²) in [5.74, 6) is 5.51. The molecular weight excluding hydrogens is 492 g/mol. The highest BCUT2D eigenvalue weighted by Gasteiger charge is 2.27. The van der Waals surface area contributed by atoms with Crippen molar-refractivity contribution in [2.45, 2.75) is 78.2 Å². The van der Waals surface area contributed by atoms with Crippen molar-refractivity contribution in [3.8, 4) is 17.2 Å². The first-order chi connectivity index (χ1) is 19.0. The summed E-state index contributed by atoms with van der Waals surface area (Å²) in [7, 11) is 6.78. The molecule has 0 saturated heterocycles. The minimum Gasteiger partial charge on any atom is -0.497 e. The predicted octanol–water partition coefficient (Wildman–Crippen LogP) is 7.93. The number of hydrogen-bond donors (Lipinski definition) is 0. The molecule has 0 saturated carbocycles. The second kappa shape index (κ2) is 15.5. The highest BCUT2D eigenvalue weighted by atomic mass is 16.6. The number of rotatable bonds is 16. The molecule has 0 heterocycles. The summed E-state index contributed by atoms with van der Waals surface area (Å²) in [4.78, 5) is 0. The maximum Gasteiger partial charge on any atom is 0.203 e. The first kappa shape index (κ1) is 30.5. The van der Waals surface area contributed by atoms with Crippen LogP contribution in [0.25, 0.3) is 0 Å². The Hall–Kier alpha value is -3.02. The normalized spacial score (nSPS) is 19.7. The van der Waals surface area contributed by atoms with E-state index in [1.54, 1.807) is 28.4 Å². The Labute approximate surface area is 235 Å². The lowest BCUT2D eigenvalue weighted by atomic mass is 9.85. The Morgan fingerprint density at radius 2 is 1.62 bits per heavy atom. The second-order valence-electron chi connectivity index (χ2n) is 10.4. The average Bonchev–Trinajstić information content (AvgIpc) is 2.98. The molecule has 216 valence electrons. The largest absolute Gasteiger partial charge is 0.497 e. The van der Waals surface area contributed by atoms with Crippen LogP contribution in [0.5, 0.6) is 17.2 Å². The van der Waals surface area contributed by atoms with Crippen LogP contribution in [0.15, 0.2) is 59.3 Å². The highest BCUT2D eigenvalue weighted by molar-refractivity contribution is 5.54. The zero-order valence-corrected chi connectivity index (χ0v) is 25.0. The van der Waals surface area contributed by atoms with E-state index in [1.807, 2.05) is 0 Å². The first-order valence-electron chi connectivity index (χ1n) is 14.4. The van der Waals surface area contributed by atoms with E-state index in [0.717, 1.165) is 80.1 Å². The quantitative estimate of drug-likeness (QED) is 0.212. The molecular formula is C33H48O6. The molecule has 39 heavy (non-hydrogen) atoms. The lowest BCUT2D eigenvalue weighted by molar-refractivity contribution is 0.0861. The van der Waals surface area contributed by atoms with Crippen LogP contribution in [0.2, 0.25) is 0 Å². The van der Waals surface area contributed by atoms with Gasteiger partial charge in [0.2, 0.25) is 5.75 Å². The first-order valence-corrected chi connectivity index (χ1v) is 14.4. The molecule has 1 aromatic carbocycles. The van der Waals surface area contributed by atoms with Crippen molar-refractivity contribution in [2.24, 2.45) is 11.8 Å². The molecule has 1 aromatic rings. The maximum atomic E-state index is 6.13. The average molecular weight is 541 g/mol. The molecule has 0 aliphatic heterocycles. The highest BCUT2D eigenvalue weighted by Crippen LogP contribution is 2.39. The third-order valence-electron chi connectivity index (χ3n) is 7.52. The van der Waals surface area contributed by atoms with Crippen molar-refractivity contribution in [1.29, 1.82) is 0 Å². The van der Waals surface area contributed by atoms with Gasteiger partial charge in [-0.1, -0.05) is 37.6 Å². The Morgan fingerprint density at radius 1 is 0.897 bits per heavy atom. The van der Waals surface area contributed by atoms with Gasteiger partial charge in [0.25, 0.3) is 0 Å². The lowest BCUT2D eigenvalue weighted by Crippen LogP contribution is -2.18. The summed E-state index contributed by atoms with van der Waals surface area (Å²) in [5.41, 5.74) is 2.56. The Kier molecular flexibility index (Phi) is 12.2. The number of allylic oxidation sites excluding steroid dienone is 6. The number of methoxy groups -OCH3 is 4. The van der Waals surface area contributed by atoms with Crippen molar-refractivity contribution in [3.05, 3.63) is 64.9 Å². The molecule has 0 spiro atoms. The molecule has 3 rings (SSSR count). The van der Waals surface area contributed by atoms with Gasteiger partial charge in [-0.05, 0) is 87.5 Å². The molecule has 0 radical (unpaired) electrons. The minimum atomic E-state index is 0.122. The van der Waals surface area contributed by atoms with Gasteiger partial charge < -0.3 is 28.4 Å². The fourth-order valence-electron chi connectivity index (χ4n) is 5.00. The second-order valence-corrected chi connectivity index (χ2v) is 10.4. The molecule has 3 atom stereocenters. The summed E-state index contributed by atoms with van der Waals surface area (Å²) in [6, 6.07) is 4.13. The lowest BCUT2D eigenvalue weighted by Gasteiger charge is -2.27. The van der Waals surface area contributed by atoms with Crippen LogP contribution in [-0.2, 0) is 20.6 Å². The van der Waals surface area contributed by atoms with Crippen molar-refractivity contribution in [2.75, 3.05) is 35.0 Å². The monoisotopic (exact) mass is 540 g/mol. The Morgan fingerprint density at radius 3 is 2.18 bits per heavy atom. The smallest absolute Gasteiger partial charge is 0.203 e. The number of ether oxygens (including phenoxy) is 6. The topological polar surface area (TPSA) is 55.4 Å². The van der Waals surface area contributed by atoms with Crippen molar-refractivity contribution < 1.29 is 28.4 Å². The standard InChI is InChI=1S/C33H48O6/c1-8-18-38-32-28(34-4)19-26(20-29(32)35-5)16-14-24-10-12-25(13-11-24)15-17-27-21-30(36-6)33(31(22-27)37-7)39-23(3)9-2/h10-12,19-21,23,25,27H,8-9,13-18,22H2,1-7H3. The van der Waals surface area contributed by atoms with E-state index in [-0.39, 0.29) is 6.10 Å². The van der Waals surface area contributed by atoms with E-state index >= 15 is 0 Å². The van der Waals surface area contributed by atoms with Gasteiger partial charge in [0.05, 0.1) is 41.2 Å². The van der Waals surface area contributed by atoms with E-state index in [2.05, 4.69) is 57.2 Å². The Bertz CT molecular complexity index is 1030. The van der Waals surface area contributed by atoms with Crippen LogP contribution >= 0.6 is 0 Å². The van der Waals surface area contributed by atoms with Gasteiger partial charge in [-0.2, -0.15) is 0 Å². The molecule has 0 fully saturated rings. The molecule has 0 N–H and O–H groups in total. The SMILES string of the molecule is CCCOc1c(OC)cc(CCC2=CCC(CCC3C=C(OC)C(OC(C)CC)=C(OC)C3)C=C2)cc1OC. The van der Waals surface area contributed by atoms with E-state index in [4.69, 9.17) is 28.4 Å². The van der Waals surface area contributed by atoms with Crippen molar-refractivity contribution in [3.63, 3.8) is 0 Å². The van der Waals surface area contributed by atoms with Crippen LogP contribution in [0.3, 0.4) is 0 Å². The number of benzene rings is 1. The Balaban J connectivity index is 1.53. The van der Waals surface area contributed by atoms with Crippen LogP contribution < -0.4 is 14.2 Å².